The molecule has 1 N–H and O–H groups in total. The average Bonchev–Trinajstić information content (AvgIpc) is 2.74. The van der Waals surface area contributed by atoms with E-state index in [0.717, 1.165) is 22.2 Å². The van der Waals surface area contributed by atoms with Gasteiger partial charge in [-0.2, -0.15) is 0 Å². The number of fused-ring (bicyclic) bond motifs is 3. The summed E-state index contributed by atoms with van der Waals surface area (Å²) in [6.45, 7) is 4.05. The summed E-state index contributed by atoms with van der Waals surface area (Å²) in [6.07, 6.45) is 0.463. The van der Waals surface area contributed by atoms with Crippen molar-refractivity contribution in [2.24, 2.45) is 0 Å². The van der Waals surface area contributed by atoms with Gasteiger partial charge < -0.3 is 10.1 Å². The van der Waals surface area contributed by atoms with Crippen molar-refractivity contribution in [1.82, 2.24) is 9.88 Å². The molecule has 1 unspecified atom stereocenters. The van der Waals surface area contributed by atoms with Crippen molar-refractivity contribution in [3.8, 4) is 0 Å². The van der Waals surface area contributed by atoms with Crippen molar-refractivity contribution in [3.63, 3.8) is 0 Å². The number of benzene rings is 1. The zero-order chi connectivity index (χ0) is 14.3. The second-order valence-corrected chi connectivity index (χ2v) is 4.88. The Kier molecular flexibility index (Phi) is 2.97. The maximum Gasteiger partial charge on any atom is 0.329 e. The fraction of sp³-hybridized carbons (Fsp3) is 0.333. The van der Waals surface area contributed by atoms with Gasteiger partial charge in [-0.15, -0.1) is 0 Å². The quantitative estimate of drug-likeness (QED) is 0.851. The van der Waals surface area contributed by atoms with Crippen molar-refractivity contribution in [2.45, 2.75) is 26.3 Å². The van der Waals surface area contributed by atoms with Crippen LogP contribution in [-0.4, -0.2) is 29.2 Å². The van der Waals surface area contributed by atoms with Crippen molar-refractivity contribution < 1.29 is 14.3 Å². The molecule has 1 aromatic heterocycles. The van der Waals surface area contributed by atoms with Gasteiger partial charge in [0.2, 0.25) is 0 Å². The first-order valence-electron chi connectivity index (χ1n) is 6.70. The van der Waals surface area contributed by atoms with Crippen molar-refractivity contribution in [2.75, 3.05) is 6.61 Å². The van der Waals surface area contributed by atoms with E-state index in [4.69, 9.17) is 4.74 Å². The molecule has 2 aromatic rings. The first-order valence-corrected chi connectivity index (χ1v) is 6.70. The molecule has 0 spiro atoms. The molecular formula is C15H16N2O3. The third-order valence-electron chi connectivity index (χ3n) is 3.72. The molecular weight excluding hydrogens is 256 g/mol. The van der Waals surface area contributed by atoms with Gasteiger partial charge in [0.1, 0.15) is 6.04 Å². The second kappa shape index (κ2) is 4.67. The average molecular weight is 272 g/mol. The van der Waals surface area contributed by atoms with Gasteiger partial charge in [0, 0.05) is 17.5 Å². The van der Waals surface area contributed by atoms with E-state index in [2.05, 4.69) is 5.32 Å². The van der Waals surface area contributed by atoms with Gasteiger partial charge in [-0.3, -0.25) is 4.57 Å². The number of nitrogens with zero attached hydrogens (tertiary/aromatic N) is 1. The van der Waals surface area contributed by atoms with Crippen LogP contribution in [0.25, 0.3) is 10.9 Å². The lowest BCUT2D eigenvalue weighted by Gasteiger charge is -2.24. The highest BCUT2D eigenvalue weighted by molar-refractivity contribution is 5.98. The maximum absolute atomic E-state index is 12.3. The van der Waals surface area contributed by atoms with E-state index < -0.39 is 6.04 Å². The van der Waals surface area contributed by atoms with E-state index in [1.807, 2.05) is 31.2 Å². The van der Waals surface area contributed by atoms with Crippen LogP contribution in [0.4, 0.5) is 4.79 Å². The molecule has 1 aliphatic heterocycles. The number of aryl methyl sites for hydroxylation is 1. The molecule has 5 nitrogen and oxygen atoms in total. The molecule has 0 saturated heterocycles. The van der Waals surface area contributed by atoms with Crippen LogP contribution in [0.2, 0.25) is 0 Å². The smallest absolute Gasteiger partial charge is 0.329 e. The van der Waals surface area contributed by atoms with Crippen molar-refractivity contribution in [1.29, 1.82) is 0 Å². The molecule has 1 aromatic carbocycles. The highest BCUT2D eigenvalue weighted by atomic mass is 16.5. The molecule has 0 fully saturated rings. The first kappa shape index (κ1) is 12.7. The number of rotatable bonds is 2. The molecule has 20 heavy (non-hydrogen) atoms. The highest BCUT2D eigenvalue weighted by Gasteiger charge is 2.32. The van der Waals surface area contributed by atoms with Crippen molar-refractivity contribution >= 4 is 22.9 Å². The fourth-order valence-electron chi connectivity index (χ4n) is 2.77. The van der Waals surface area contributed by atoms with Gasteiger partial charge in [-0.25, -0.2) is 9.59 Å². The lowest BCUT2D eigenvalue weighted by molar-refractivity contribution is -0.145. The summed E-state index contributed by atoms with van der Waals surface area (Å²) in [5.41, 5.74) is 2.80. The van der Waals surface area contributed by atoms with E-state index in [1.165, 1.54) is 0 Å². The number of nitrogens with one attached hydrogen (secondary N) is 1. The van der Waals surface area contributed by atoms with E-state index in [0.29, 0.717) is 13.0 Å². The Morgan fingerprint density at radius 1 is 1.45 bits per heavy atom. The monoisotopic (exact) mass is 272 g/mol. The summed E-state index contributed by atoms with van der Waals surface area (Å²) in [5.74, 6) is -0.378. The third kappa shape index (κ3) is 1.78. The molecule has 1 aliphatic rings. The van der Waals surface area contributed by atoms with Gasteiger partial charge in [-0.1, -0.05) is 18.2 Å². The highest BCUT2D eigenvalue weighted by Crippen LogP contribution is 2.28. The molecule has 2 heterocycles. The Bertz CT molecular complexity index is 702. The van der Waals surface area contributed by atoms with E-state index in [-0.39, 0.29) is 12.0 Å². The fourth-order valence-corrected chi connectivity index (χ4v) is 2.77. The van der Waals surface area contributed by atoms with Gasteiger partial charge in [0.15, 0.2) is 0 Å². The van der Waals surface area contributed by atoms with Crippen LogP contribution in [0, 0.1) is 6.92 Å². The van der Waals surface area contributed by atoms with Gasteiger partial charge in [-0.05, 0) is 25.5 Å². The number of amides is 1. The number of ether oxygens (including phenoxy) is 1. The van der Waals surface area contributed by atoms with Gasteiger partial charge >= 0.3 is 12.0 Å². The summed E-state index contributed by atoms with van der Waals surface area (Å²) in [7, 11) is 0. The number of aromatic nitrogens is 1. The molecule has 104 valence electrons. The zero-order valence-corrected chi connectivity index (χ0v) is 11.5. The van der Waals surface area contributed by atoms with Crippen LogP contribution in [0.5, 0.6) is 0 Å². The van der Waals surface area contributed by atoms with Crippen molar-refractivity contribution in [3.05, 3.63) is 35.5 Å². The molecule has 0 aliphatic carbocycles. The number of esters is 1. The van der Waals surface area contributed by atoms with Gasteiger partial charge in [0.25, 0.3) is 0 Å². The predicted octanol–water partition coefficient (Wildman–Crippen LogP) is 2.00. The Balaban J connectivity index is 2.09. The molecule has 0 bridgehead atoms. The summed E-state index contributed by atoms with van der Waals surface area (Å²) in [4.78, 5) is 24.1. The molecule has 0 saturated carbocycles. The Morgan fingerprint density at radius 2 is 2.20 bits per heavy atom. The minimum absolute atomic E-state index is 0.270. The molecule has 1 amide bonds. The summed E-state index contributed by atoms with van der Waals surface area (Å²) in [5, 5.41) is 3.76. The maximum atomic E-state index is 12.3. The second-order valence-electron chi connectivity index (χ2n) is 4.88. The summed E-state index contributed by atoms with van der Waals surface area (Å²) >= 11 is 0. The third-order valence-corrected chi connectivity index (χ3v) is 3.72. The minimum atomic E-state index is -0.599. The van der Waals surface area contributed by atoms with E-state index >= 15 is 0 Å². The first-order chi connectivity index (χ1) is 9.63. The lowest BCUT2D eigenvalue weighted by Crippen LogP contribution is -2.49. The van der Waals surface area contributed by atoms with E-state index in [1.54, 1.807) is 11.5 Å². The van der Waals surface area contributed by atoms with Crippen LogP contribution in [0.3, 0.4) is 0 Å². The Morgan fingerprint density at radius 3 is 2.95 bits per heavy atom. The van der Waals surface area contributed by atoms with Gasteiger partial charge in [0.05, 0.1) is 12.1 Å². The summed E-state index contributed by atoms with van der Waals surface area (Å²) < 4.78 is 6.65. The number of carbonyl (C=O) groups excluding carboxylic acids is 2. The standard InChI is InChI=1S/C15H16N2O3/c1-3-20-14(18)11-8-13-9(2)10-6-4-5-7-12(10)17(13)15(19)16-11/h4-7,11H,3,8H2,1-2H3,(H,16,19). The van der Waals surface area contributed by atoms with E-state index in [9.17, 15) is 9.59 Å². The predicted molar refractivity (Wildman–Crippen MR) is 74.7 cm³/mol. The minimum Gasteiger partial charge on any atom is -0.464 e. The number of carbonyl (C=O) groups is 2. The number of para-hydroxylation sites is 1. The van der Waals surface area contributed by atoms with Crippen LogP contribution in [0.15, 0.2) is 24.3 Å². The molecule has 1 atom stereocenters. The normalized spacial score (nSPS) is 17.7. The lowest BCUT2D eigenvalue weighted by atomic mass is 10.1. The zero-order valence-electron chi connectivity index (χ0n) is 11.5. The summed E-state index contributed by atoms with van der Waals surface area (Å²) in [6, 6.07) is 6.88. The number of hydrogen-bond donors (Lipinski definition) is 1. The molecule has 0 radical (unpaired) electrons. The van der Waals surface area contributed by atoms with Crippen LogP contribution >= 0.6 is 0 Å². The van der Waals surface area contributed by atoms with Crippen LogP contribution in [0.1, 0.15) is 18.2 Å². The Hall–Kier alpha value is -2.30. The molecule has 5 heteroatoms. The Labute approximate surface area is 116 Å². The number of hydrogen-bond acceptors (Lipinski definition) is 3. The SMILES string of the molecule is CCOC(=O)C1Cc2c(C)c3ccccc3n2C(=O)N1. The largest absolute Gasteiger partial charge is 0.464 e. The van der Waals surface area contributed by atoms with Crippen LogP contribution in [-0.2, 0) is 16.0 Å². The van der Waals surface area contributed by atoms with Crippen LogP contribution < -0.4 is 5.32 Å². The topological polar surface area (TPSA) is 60.3 Å². The molecule has 3 rings (SSSR count).